The first-order valence-corrected chi connectivity index (χ1v) is 5.45. The predicted octanol–water partition coefficient (Wildman–Crippen LogP) is 1.65. The molecule has 0 saturated carbocycles. The smallest absolute Gasteiger partial charge is 0.160 e. The fourth-order valence-corrected chi connectivity index (χ4v) is 1.84. The van der Waals surface area contributed by atoms with Gasteiger partial charge in [0.1, 0.15) is 0 Å². The highest BCUT2D eigenvalue weighted by molar-refractivity contribution is 5.85. The van der Waals surface area contributed by atoms with Gasteiger partial charge in [-0.05, 0) is 17.7 Å². The van der Waals surface area contributed by atoms with Crippen LogP contribution in [0.15, 0.2) is 18.2 Å². The number of hydrogen-bond acceptors (Lipinski definition) is 4. The van der Waals surface area contributed by atoms with Crippen LogP contribution in [0.2, 0.25) is 0 Å². The predicted molar refractivity (Wildman–Crippen MR) is 68.0 cm³/mol. The molecule has 1 aliphatic heterocycles. The van der Waals surface area contributed by atoms with Crippen molar-refractivity contribution in [1.29, 1.82) is 0 Å². The number of benzene rings is 1. The van der Waals surface area contributed by atoms with Gasteiger partial charge in [-0.25, -0.2) is 0 Å². The Bertz CT molecular complexity index is 354. The fraction of sp³-hybridized carbons (Fsp3) is 0.500. The molecule has 2 rings (SSSR count). The summed E-state index contributed by atoms with van der Waals surface area (Å²) in [7, 11) is 1.56. The summed E-state index contributed by atoms with van der Waals surface area (Å²) in [6, 6.07) is 5.48. The van der Waals surface area contributed by atoms with Gasteiger partial charge >= 0.3 is 0 Å². The van der Waals surface area contributed by atoms with Crippen LogP contribution >= 0.6 is 12.4 Å². The summed E-state index contributed by atoms with van der Waals surface area (Å²) in [5, 5.41) is 9.48. The molecule has 1 aromatic rings. The maximum Gasteiger partial charge on any atom is 0.160 e. The molecule has 0 spiro atoms. The fourth-order valence-electron chi connectivity index (χ4n) is 1.84. The minimum Gasteiger partial charge on any atom is -0.504 e. The van der Waals surface area contributed by atoms with E-state index in [1.54, 1.807) is 13.2 Å². The van der Waals surface area contributed by atoms with Crippen molar-refractivity contribution >= 4 is 12.4 Å². The van der Waals surface area contributed by atoms with Gasteiger partial charge in [0.2, 0.25) is 0 Å². The lowest BCUT2D eigenvalue weighted by Gasteiger charge is -2.26. The highest BCUT2D eigenvalue weighted by atomic mass is 35.5. The van der Waals surface area contributed by atoms with E-state index in [2.05, 4.69) is 4.90 Å². The zero-order chi connectivity index (χ0) is 11.4. The van der Waals surface area contributed by atoms with Crippen LogP contribution in [0.5, 0.6) is 11.5 Å². The molecule has 1 N–H and O–H groups in total. The Morgan fingerprint density at radius 1 is 1.35 bits per heavy atom. The lowest BCUT2D eigenvalue weighted by molar-refractivity contribution is 0.0341. The first-order valence-electron chi connectivity index (χ1n) is 5.45. The Morgan fingerprint density at radius 3 is 2.71 bits per heavy atom. The number of morpholine rings is 1. The second kappa shape index (κ2) is 6.69. The van der Waals surface area contributed by atoms with Gasteiger partial charge in [-0.2, -0.15) is 0 Å². The molecule has 1 aliphatic rings. The van der Waals surface area contributed by atoms with Crippen molar-refractivity contribution in [3.63, 3.8) is 0 Å². The Balaban J connectivity index is 0.00000144. The molecule has 0 amide bonds. The molecule has 0 atom stereocenters. The molecule has 17 heavy (non-hydrogen) atoms. The van der Waals surface area contributed by atoms with Gasteiger partial charge in [-0.3, -0.25) is 4.90 Å². The summed E-state index contributed by atoms with van der Waals surface area (Å²) < 4.78 is 10.4. The lowest BCUT2D eigenvalue weighted by atomic mass is 10.2. The van der Waals surface area contributed by atoms with Crippen molar-refractivity contribution in [3.05, 3.63) is 23.8 Å². The van der Waals surface area contributed by atoms with Crippen molar-refractivity contribution < 1.29 is 14.6 Å². The number of hydrogen-bond donors (Lipinski definition) is 1. The summed E-state index contributed by atoms with van der Waals surface area (Å²) in [5.74, 6) is 0.721. The highest BCUT2D eigenvalue weighted by Crippen LogP contribution is 2.26. The van der Waals surface area contributed by atoms with Crippen LogP contribution in [-0.2, 0) is 11.3 Å². The van der Waals surface area contributed by atoms with Crippen molar-refractivity contribution in [3.8, 4) is 11.5 Å². The number of rotatable bonds is 3. The standard InChI is InChI=1S/C12H17NO3.ClH/c1-15-12-8-10(2-3-11(12)14)9-13-4-6-16-7-5-13;/h2-3,8,14H,4-7,9H2,1H3;1H. The Kier molecular flexibility index (Phi) is 5.55. The van der Waals surface area contributed by atoms with Crippen LogP contribution in [0.1, 0.15) is 5.56 Å². The van der Waals surface area contributed by atoms with Gasteiger partial charge in [0.05, 0.1) is 20.3 Å². The largest absolute Gasteiger partial charge is 0.504 e. The molecule has 1 aromatic carbocycles. The van der Waals surface area contributed by atoms with Crippen LogP contribution in [-0.4, -0.2) is 43.4 Å². The van der Waals surface area contributed by atoms with E-state index >= 15 is 0 Å². The molecule has 5 heteroatoms. The second-order valence-corrected chi connectivity index (χ2v) is 3.89. The van der Waals surface area contributed by atoms with E-state index in [-0.39, 0.29) is 18.2 Å². The molecule has 1 saturated heterocycles. The zero-order valence-corrected chi connectivity index (χ0v) is 10.7. The molecule has 0 radical (unpaired) electrons. The molecule has 0 unspecified atom stereocenters. The van der Waals surface area contributed by atoms with E-state index in [4.69, 9.17) is 9.47 Å². The lowest BCUT2D eigenvalue weighted by Crippen LogP contribution is -2.35. The SMILES string of the molecule is COc1cc(CN2CCOCC2)ccc1O.Cl. The summed E-state index contributed by atoms with van der Waals surface area (Å²) >= 11 is 0. The minimum absolute atomic E-state index is 0. The van der Waals surface area contributed by atoms with Crippen LogP contribution < -0.4 is 4.74 Å². The van der Waals surface area contributed by atoms with E-state index < -0.39 is 0 Å². The quantitative estimate of drug-likeness (QED) is 0.896. The third-order valence-electron chi connectivity index (χ3n) is 2.75. The van der Waals surface area contributed by atoms with E-state index in [1.807, 2.05) is 12.1 Å². The minimum atomic E-state index is 0. The third kappa shape index (κ3) is 3.77. The van der Waals surface area contributed by atoms with Crippen molar-refractivity contribution in [2.45, 2.75) is 6.54 Å². The van der Waals surface area contributed by atoms with E-state index in [0.29, 0.717) is 5.75 Å². The number of phenols is 1. The first kappa shape index (κ1) is 14.1. The van der Waals surface area contributed by atoms with Crippen molar-refractivity contribution in [2.75, 3.05) is 33.4 Å². The van der Waals surface area contributed by atoms with Crippen LogP contribution in [0.4, 0.5) is 0 Å². The average Bonchev–Trinajstić information content (AvgIpc) is 2.33. The Morgan fingerprint density at radius 2 is 2.06 bits per heavy atom. The summed E-state index contributed by atoms with van der Waals surface area (Å²) in [4.78, 5) is 2.33. The van der Waals surface area contributed by atoms with Crippen LogP contribution in [0.3, 0.4) is 0 Å². The Labute approximate surface area is 108 Å². The van der Waals surface area contributed by atoms with Crippen LogP contribution in [0.25, 0.3) is 0 Å². The zero-order valence-electron chi connectivity index (χ0n) is 9.89. The average molecular weight is 260 g/mol. The summed E-state index contributed by atoms with van der Waals surface area (Å²) in [5.41, 5.74) is 1.15. The summed E-state index contributed by atoms with van der Waals surface area (Å²) in [6.45, 7) is 4.40. The van der Waals surface area contributed by atoms with Gasteiger partial charge in [-0.1, -0.05) is 6.07 Å². The van der Waals surface area contributed by atoms with Crippen LogP contribution in [0, 0.1) is 0 Å². The normalized spacial score (nSPS) is 16.3. The number of aromatic hydroxyl groups is 1. The van der Waals surface area contributed by atoms with E-state index in [9.17, 15) is 5.11 Å². The molecular formula is C12H18ClNO3. The van der Waals surface area contributed by atoms with E-state index in [1.165, 1.54) is 0 Å². The molecule has 1 fully saturated rings. The monoisotopic (exact) mass is 259 g/mol. The van der Waals surface area contributed by atoms with Gasteiger partial charge in [0.25, 0.3) is 0 Å². The molecule has 0 aromatic heterocycles. The topological polar surface area (TPSA) is 41.9 Å². The molecule has 0 aliphatic carbocycles. The highest BCUT2D eigenvalue weighted by Gasteiger charge is 2.11. The third-order valence-corrected chi connectivity index (χ3v) is 2.75. The number of phenolic OH excluding ortho intramolecular Hbond substituents is 1. The number of halogens is 1. The molecule has 96 valence electrons. The van der Waals surface area contributed by atoms with Gasteiger partial charge in [0, 0.05) is 19.6 Å². The Hall–Kier alpha value is -0.970. The van der Waals surface area contributed by atoms with Gasteiger partial charge in [0.15, 0.2) is 11.5 Å². The van der Waals surface area contributed by atoms with E-state index in [0.717, 1.165) is 38.4 Å². The summed E-state index contributed by atoms with van der Waals surface area (Å²) in [6.07, 6.45) is 0. The van der Waals surface area contributed by atoms with Gasteiger partial charge in [-0.15, -0.1) is 12.4 Å². The van der Waals surface area contributed by atoms with Gasteiger partial charge < -0.3 is 14.6 Å². The second-order valence-electron chi connectivity index (χ2n) is 3.89. The molecular weight excluding hydrogens is 242 g/mol. The van der Waals surface area contributed by atoms with Crippen molar-refractivity contribution in [1.82, 2.24) is 4.90 Å². The maximum atomic E-state index is 9.48. The van der Waals surface area contributed by atoms with Crippen molar-refractivity contribution in [2.24, 2.45) is 0 Å². The first-order chi connectivity index (χ1) is 7.79. The molecule has 0 bridgehead atoms. The number of ether oxygens (including phenoxy) is 2. The number of nitrogens with zero attached hydrogens (tertiary/aromatic N) is 1. The molecule has 1 heterocycles. The molecule has 4 nitrogen and oxygen atoms in total. The number of methoxy groups -OCH3 is 1. The maximum absolute atomic E-state index is 9.48.